The highest BCUT2D eigenvalue weighted by atomic mass is 79.9. The number of benzene rings is 1. The van der Waals surface area contributed by atoms with Crippen molar-refractivity contribution in [3.05, 3.63) is 52.5 Å². The first-order chi connectivity index (χ1) is 8.20. The fourth-order valence-corrected chi connectivity index (χ4v) is 2.89. The summed E-state index contributed by atoms with van der Waals surface area (Å²) >= 11 is 3.45. The van der Waals surface area contributed by atoms with E-state index in [1.54, 1.807) is 6.20 Å². The average Bonchev–Trinajstić information content (AvgIpc) is 2.79. The number of halogens is 1. The van der Waals surface area contributed by atoms with Crippen LogP contribution in [0.5, 0.6) is 0 Å². The molecule has 1 aromatic heterocycles. The zero-order chi connectivity index (χ0) is 11.9. The number of rotatable bonds is 1. The number of hydrogen-bond acceptors (Lipinski definition) is 2. The molecule has 1 unspecified atom stereocenters. The second-order valence-corrected chi connectivity index (χ2v) is 5.33. The Balaban J connectivity index is 2.15. The zero-order valence-electron chi connectivity index (χ0n) is 9.31. The third kappa shape index (κ3) is 1.72. The van der Waals surface area contributed by atoms with E-state index in [-0.39, 0.29) is 0 Å². The summed E-state index contributed by atoms with van der Waals surface area (Å²) < 4.78 is 3.01. The Labute approximate surface area is 108 Å². The minimum atomic E-state index is -0.953. The molecule has 1 N–H and O–H groups in total. The Kier molecular flexibility index (Phi) is 2.56. The van der Waals surface area contributed by atoms with Gasteiger partial charge in [0.15, 0.2) is 0 Å². The van der Waals surface area contributed by atoms with Gasteiger partial charge in [0.2, 0.25) is 0 Å². The summed E-state index contributed by atoms with van der Waals surface area (Å²) in [7, 11) is 0. The third-order valence-corrected chi connectivity index (χ3v) is 3.82. The molecule has 17 heavy (non-hydrogen) atoms. The van der Waals surface area contributed by atoms with Crippen molar-refractivity contribution in [2.75, 3.05) is 0 Å². The molecule has 1 aromatic carbocycles. The van der Waals surface area contributed by atoms with Gasteiger partial charge < -0.3 is 9.67 Å². The van der Waals surface area contributed by atoms with Crippen molar-refractivity contribution < 1.29 is 5.11 Å². The molecule has 0 saturated heterocycles. The van der Waals surface area contributed by atoms with Gasteiger partial charge in [-0.15, -0.1) is 0 Å². The van der Waals surface area contributed by atoms with E-state index in [1.165, 1.54) is 0 Å². The minimum Gasteiger partial charge on any atom is -0.377 e. The lowest BCUT2D eigenvalue weighted by atomic mass is 9.86. The molecule has 3 nitrogen and oxygen atoms in total. The number of imidazole rings is 1. The Morgan fingerprint density at radius 1 is 1.41 bits per heavy atom. The van der Waals surface area contributed by atoms with Crippen LogP contribution in [0.15, 0.2) is 41.1 Å². The quantitative estimate of drug-likeness (QED) is 0.878. The molecule has 1 aliphatic heterocycles. The van der Waals surface area contributed by atoms with Gasteiger partial charge in [-0.05, 0) is 30.5 Å². The van der Waals surface area contributed by atoms with Gasteiger partial charge in [0.05, 0.1) is 0 Å². The third-order valence-electron chi connectivity index (χ3n) is 3.33. The van der Waals surface area contributed by atoms with Gasteiger partial charge in [0, 0.05) is 23.4 Å². The summed E-state index contributed by atoms with van der Waals surface area (Å²) in [6.45, 7) is 0.936. The lowest BCUT2D eigenvalue weighted by Crippen LogP contribution is -2.35. The van der Waals surface area contributed by atoms with Crippen molar-refractivity contribution in [1.29, 1.82) is 0 Å². The molecule has 2 aromatic rings. The summed E-state index contributed by atoms with van der Waals surface area (Å²) in [4.78, 5) is 4.31. The molecule has 1 aliphatic rings. The molecular weight excluding hydrogens is 280 g/mol. The lowest BCUT2D eigenvalue weighted by molar-refractivity contribution is 0.0419. The maximum absolute atomic E-state index is 10.9. The van der Waals surface area contributed by atoms with E-state index >= 15 is 0 Å². The molecule has 0 bridgehead atoms. The van der Waals surface area contributed by atoms with Crippen LogP contribution in [0.2, 0.25) is 0 Å². The highest BCUT2D eigenvalue weighted by Gasteiger charge is 2.38. The number of nitrogens with zero attached hydrogens (tertiary/aromatic N) is 2. The van der Waals surface area contributed by atoms with Crippen molar-refractivity contribution in [2.45, 2.75) is 25.0 Å². The second-order valence-electron chi connectivity index (χ2n) is 4.42. The summed E-state index contributed by atoms with van der Waals surface area (Å²) in [6, 6.07) is 7.82. The topological polar surface area (TPSA) is 38.0 Å². The molecule has 0 radical (unpaired) electrons. The van der Waals surface area contributed by atoms with E-state index in [2.05, 4.69) is 20.9 Å². The predicted molar refractivity (Wildman–Crippen MR) is 68.6 cm³/mol. The Morgan fingerprint density at radius 2 is 2.29 bits per heavy atom. The first-order valence-corrected chi connectivity index (χ1v) is 6.49. The number of hydrogen-bond donors (Lipinski definition) is 1. The molecule has 2 heterocycles. The highest BCUT2D eigenvalue weighted by Crippen LogP contribution is 2.37. The van der Waals surface area contributed by atoms with Crippen molar-refractivity contribution in [3.8, 4) is 0 Å². The molecule has 0 spiro atoms. The van der Waals surface area contributed by atoms with Crippen LogP contribution < -0.4 is 0 Å². The van der Waals surface area contributed by atoms with E-state index < -0.39 is 5.60 Å². The summed E-state index contributed by atoms with van der Waals surface area (Å²) in [5, 5.41) is 10.9. The molecule has 4 heteroatoms. The first-order valence-electron chi connectivity index (χ1n) is 5.70. The number of aliphatic hydroxyl groups is 1. The van der Waals surface area contributed by atoms with Gasteiger partial charge in [-0.2, -0.15) is 0 Å². The van der Waals surface area contributed by atoms with E-state index in [4.69, 9.17) is 0 Å². The van der Waals surface area contributed by atoms with E-state index in [1.807, 2.05) is 35.0 Å². The van der Waals surface area contributed by atoms with Gasteiger partial charge >= 0.3 is 0 Å². The van der Waals surface area contributed by atoms with Gasteiger partial charge in [0.1, 0.15) is 11.4 Å². The van der Waals surface area contributed by atoms with Crippen LogP contribution in [0.25, 0.3) is 0 Å². The summed E-state index contributed by atoms with van der Waals surface area (Å²) in [5.74, 6) is 0.752. The fraction of sp³-hybridized carbons (Fsp3) is 0.308. The Morgan fingerprint density at radius 3 is 3.12 bits per heavy atom. The molecule has 3 rings (SSSR count). The number of aromatic nitrogens is 2. The van der Waals surface area contributed by atoms with Crippen LogP contribution in [-0.4, -0.2) is 14.7 Å². The maximum atomic E-state index is 10.9. The minimum absolute atomic E-state index is 0.723. The van der Waals surface area contributed by atoms with E-state index in [9.17, 15) is 5.11 Å². The normalized spacial score (nSPS) is 23.4. The lowest BCUT2D eigenvalue weighted by Gasteiger charge is -2.32. The van der Waals surface area contributed by atoms with Crippen LogP contribution in [0.4, 0.5) is 0 Å². The molecular formula is C13H13BrN2O. The van der Waals surface area contributed by atoms with Crippen LogP contribution in [0.3, 0.4) is 0 Å². The smallest absolute Gasteiger partial charge is 0.147 e. The average molecular weight is 293 g/mol. The van der Waals surface area contributed by atoms with Crippen molar-refractivity contribution in [1.82, 2.24) is 9.55 Å². The monoisotopic (exact) mass is 292 g/mol. The zero-order valence-corrected chi connectivity index (χ0v) is 10.9. The van der Waals surface area contributed by atoms with Gasteiger partial charge in [0.25, 0.3) is 0 Å². The van der Waals surface area contributed by atoms with Crippen LogP contribution in [0.1, 0.15) is 24.2 Å². The van der Waals surface area contributed by atoms with Crippen LogP contribution in [-0.2, 0) is 12.1 Å². The number of fused-ring (bicyclic) bond motifs is 1. The molecule has 0 aliphatic carbocycles. The molecule has 0 fully saturated rings. The highest BCUT2D eigenvalue weighted by molar-refractivity contribution is 9.10. The molecule has 0 amide bonds. The maximum Gasteiger partial charge on any atom is 0.147 e. The van der Waals surface area contributed by atoms with Gasteiger partial charge in [-0.3, -0.25) is 0 Å². The molecule has 0 saturated carbocycles. The predicted octanol–water partition coefficient (Wildman–Crippen LogP) is 2.68. The van der Waals surface area contributed by atoms with Crippen molar-refractivity contribution >= 4 is 15.9 Å². The molecule has 88 valence electrons. The Bertz CT molecular complexity index is 552. The number of aryl methyl sites for hydroxylation is 1. The summed E-state index contributed by atoms with van der Waals surface area (Å²) in [5.41, 5.74) is -0.0510. The van der Waals surface area contributed by atoms with E-state index in [0.29, 0.717) is 0 Å². The van der Waals surface area contributed by atoms with Gasteiger partial charge in [-0.1, -0.05) is 28.1 Å². The largest absolute Gasteiger partial charge is 0.377 e. The van der Waals surface area contributed by atoms with Crippen molar-refractivity contribution in [3.63, 3.8) is 0 Å². The molecule has 1 atom stereocenters. The van der Waals surface area contributed by atoms with Crippen LogP contribution >= 0.6 is 15.9 Å². The second kappa shape index (κ2) is 3.96. The first kappa shape index (κ1) is 11.0. The van der Waals surface area contributed by atoms with Crippen molar-refractivity contribution in [2.24, 2.45) is 0 Å². The standard InChI is InChI=1S/C13H13BrN2O/c14-11-4-1-3-10(9-11)13(17)5-2-7-16-8-6-15-12(13)16/h1,3-4,6,8-9,17H,2,5,7H2. The van der Waals surface area contributed by atoms with Crippen LogP contribution in [0, 0.1) is 0 Å². The fourth-order valence-electron chi connectivity index (χ4n) is 2.49. The summed E-state index contributed by atoms with van der Waals surface area (Å²) in [6.07, 6.45) is 5.37. The SMILES string of the molecule is OC1(c2cccc(Br)c2)CCCn2ccnc21. The van der Waals surface area contributed by atoms with Gasteiger partial charge in [-0.25, -0.2) is 4.98 Å². The Hall–Kier alpha value is -1.13. The van der Waals surface area contributed by atoms with E-state index in [0.717, 1.165) is 35.2 Å².